The van der Waals surface area contributed by atoms with E-state index in [1.165, 1.54) is 89.9 Å². The molecule has 3 heteroatoms. The molecule has 0 saturated carbocycles. The van der Waals surface area contributed by atoms with E-state index in [1.807, 2.05) is 30.3 Å². The van der Waals surface area contributed by atoms with E-state index < -0.39 is 0 Å². The summed E-state index contributed by atoms with van der Waals surface area (Å²) >= 11 is 0. The molecule has 0 unspecified atom stereocenters. The average molecular weight is 518 g/mol. The van der Waals surface area contributed by atoms with E-state index in [-0.39, 0.29) is 29.5 Å². The minimum Gasteiger partial charge on any atom is -0.492 e. The minimum absolute atomic E-state index is 0. The number of nitrogens with one attached hydrogen (secondary N) is 1. The minimum atomic E-state index is 0. The number of halogens is 1. The van der Waals surface area contributed by atoms with Crippen molar-refractivity contribution in [1.29, 1.82) is 0 Å². The molecule has 1 rings (SSSR count). The lowest BCUT2D eigenvalue weighted by Gasteiger charge is -2.26. The Morgan fingerprint density at radius 1 is 0.690 bits per heavy atom. The van der Waals surface area contributed by atoms with Crippen molar-refractivity contribution < 1.29 is 4.74 Å². The van der Waals surface area contributed by atoms with Crippen LogP contribution >= 0.6 is 24.0 Å². The lowest BCUT2D eigenvalue weighted by Crippen LogP contribution is -2.45. The van der Waals surface area contributed by atoms with Gasteiger partial charge in [-0.25, -0.2) is 0 Å². The summed E-state index contributed by atoms with van der Waals surface area (Å²) in [4.78, 5) is 0. The second-order valence-corrected chi connectivity index (χ2v) is 9.01. The van der Waals surface area contributed by atoms with Crippen LogP contribution in [0.4, 0.5) is 0 Å². The number of ether oxygens (including phenoxy) is 1. The smallest absolute Gasteiger partial charge is 0.119 e. The first-order chi connectivity index (χ1) is 13.6. The largest absolute Gasteiger partial charge is 0.492 e. The van der Waals surface area contributed by atoms with Gasteiger partial charge < -0.3 is 10.1 Å². The van der Waals surface area contributed by atoms with Crippen molar-refractivity contribution >= 4 is 24.0 Å². The van der Waals surface area contributed by atoms with Crippen molar-refractivity contribution in [2.24, 2.45) is 0 Å². The molecular formula is C26H48INO. The summed E-state index contributed by atoms with van der Waals surface area (Å²) in [6.07, 6.45) is 19.8. The maximum absolute atomic E-state index is 5.88. The van der Waals surface area contributed by atoms with E-state index >= 15 is 0 Å². The van der Waals surface area contributed by atoms with E-state index in [0.29, 0.717) is 6.61 Å². The molecule has 0 heterocycles. The summed E-state index contributed by atoms with van der Waals surface area (Å²) in [6, 6.07) is 10.1. The molecule has 0 amide bonds. The zero-order chi connectivity index (χ0) is 20.3. The van der Waals surface area contributed by atoms with Gasteiger partial charge in [0.2, 0.25) is 0 Å². The highest BCUT2D eigenvalue weighted by Crippen LogP contribution is 2.14. The lowest BCUT2D eigenvalue weighted by molar-refractivity contribution is 0.208. The highest BCUT2D eigenvalue weighted by Gasteiger charge is 2.17. The summed E-state index contributed by atoms with van der Waals surface area (Å²) in [5.41, 5.74) is 0.0202. The zero-order valence-electron chi connectivity index (χ0n) is 19.5. The number of unbranched alkanes of at least 4 members (excludes halogenated alkanes) is 13. The van der Waals surface area contributed by atoms with Crippen molar-refractivity contribution in [3.05, 3.63) is 30.3 Å². The van der Waals surface area contributed by atoms with Gasteiger partial charge in [-0.1, -0.05) is 109 Å². The standard InChI is InChI=1S/C26H47NO.HI/c1-4-5-6-7-8-9-10-11-12-13-14-15-16-20-23-27-26(2,3)24-28-25-21-18-17-19-22-25;/h17-19,21-22,27H,4-16,20,23-24H2,1-3H3;1H. The number of para-hydroxylation sites is 1. The van der Waals surface area contributed by atoms with Crippen LogP contribution in [-0.4, -0.2) is 18.7 Å². The van der Waals surface area contributed by atoms with Crippen molar-refractivity contribution in [2.45, 2.75) is 116 Å². The second-order valence-electron chi connectivity index (χ2n) is 9.01. The molecule has 0 aliphatic carbocycles. The Hall–Kier alpha value is -0.290. The van der Waals surface area contributed by atoms with Gasteiger partial charge in [0.15, 0.2) is 0 Å². The molecule has 1 aromatic rings. The topological polar surface area (TPSA) is 21.3 Å². The van der Waals surface area contributed by atoms with Gasteiger partial charge >= 0.3 is 0 Å². The maximum atomic E-state index is 5.88. The quantitative estimate of drug-likeness (QED) is 0.147. The van der Waals surface area contributed by atoms with Crippen LogP contribution in [0.3, 0.4) is 0 Å². The second kappa shape index (κ2) is 19.7. The van der Waals surface area contributed by atoms with E-state index in [0.717, 1.165) is 12.3 Å². The first-order valence-corrected chi connectivity index (χ1v) is 12.1. The molecule has 0 aliphatic heterocycles. The Kier molecular flexibility index (Phi) is 19.5. The van der Waals surface area contributed by atoms with Gasteiger partial charge in [-0.05, 0) is 38.9 Å². The third-order valence-corrected chi connectivity index (χ3v) is 5.48. The third-order valence-electron chi connectivity index (χ3n) is 5.48. The summed E-state index contributed by atoms with van der Waals surface area (Å²) in [6.45, 7) is 8.53. The highest BCUT2D eigenvalue weighted by molar-refractivity contribution is 14.0. The predicted molar refractivity (Wildman–Crippen MR) is 140 cm³/mol. The molecule has 29 heavy (non-hydrogen) atoms. The molecule has 1 aromatic carbocycles. The number of rotatable bonds is 19. The molecular weight excluding hydrogens is 469 g/mol. The third kappa shape index (κ3) is 18.2. The van der Waals surface area contributed by atoms with Crippen molar-refractivity contribution in [1.82, 2.24) is 5.32 Å². The fraction of sp³-hybridized carbons (Fsp3) is 0.769. The summed E-state index contributed by atoms with van der Waals surface area (Å²) < 4.78 is 5.88. The van der Waals surface area contributed by atoms with E-state index in [9.17, 15) is 0 Å². The van der Waals surface area contributed by atoms with Crippen LogP contribution < -0.4 is 10.1 Å². The first kappa shape index (κ1) is 28.7. The van der Waals surface area contributed by atoms with Gasteiger partial charge in [-0.3, -0.25) is 0 Å². The van der Waals surface area contributed by atoms with E-state index in [4.69, 9.17) is 4.74 Å². The fourth-order valence-electron chi connectivity index (χ4n) is 3.58. The van der Waals surface area contributed by atoms with Gasteiger partial charge in [0.05, 0.1) is 0 Å². The normalized spacial score (nSPS) is 11.3. The Morgan fingerprint density at radius 3 is 1.62 bits per heavy atom. The van der Waals surface area contributed by atoms with Gasteiger partial charge in [0, 0.05) is 5.54 Å². The first-order valence-electron chi connectivity index (χ1n) is 12.1. The maximum Gasteiger partial charge on any atom is 0.119 e. The lowest BCUT2D eigenvalue weighted by atomic mass is 10.0. The Balaban J connectivity index is 0.00000784. The van der Waals surface area contributed by atoms with Crippen LogP contribution in [0.25, 0.3) is 0 Å². The molecule has 0 bridgehead atoms. The molecule has 0 atom stereocenters. The van der Waals surface area contributed by atoms with Crippen LogP contribution in [0, 0.1) is 0 Å². The Bertz CT molecular complexity index is 449. The van der Waals surface area contributed by atoms with Gasteiger partial charge in [0.1, 0.15) is 12.4 Å². The molecule has 0 aromatic heterocycles. The van der Waals surface area contributed by atoms with Gasteiger partial charge in [-0.15, -0.1) is 24.0 Å². The molecule has 0 aliphatic rings. The molecule has 0 radical (unpaired) electrons. The fourth-order valence-corrected chi connectivity index (χ4v) is 3.58. The van der Waals surface area contributed by atoms with Crippen LogP contribution in [0.15, 0.2) is 30.3 Å². The number of benzene rings is 1. The van der Waals surface area contributed by atoms with E-state index in [1.54, 1.807) is 0 Å². The van der Waals surface area contributed by atoms with Crippen LogP contribution in [-0.2, 0) is 0 Å². The Labute approximate surface area is 199 Å². The van der Waals surface area contributed by atoms with Gasteiger partial charge in [-0.2, -0.15) is 0 Å². The average Bonchev–Trinajstić information content (AvgIpc) is 2.70. The summed E-state index contributed by atoms with van der Waals surface area (Å²) in [5.74, 6) is 0.953. The van der Waals surface area contributed by atoms with Crippen LogP contribution in [0.2, 0.25) is 0 Å². The summed E-state index contributed by atoms with van der Waals surface area (Å²) in [7, 11) is 0. The highest BCUT2D eigenvalue weighted by atomic mass is 127. The predicted octanol–water partition coefficient (Wildman–Crippen LogP) is 8.53. The number of hydrogen-bond acceptors (Lipinski definition) is 2. The molecule has 170 valence electrons. The van der Waals surface area contributed by atoms with Crippen molar-refractivity contribution in [3.8, 4) is 5.75 Å². The van der Waals surface area contributed by atoms with Crippen molar-refractivity contribution in [3.63, 3.8) is 0 Å². The monoisotopic (exact) mass is 517 g/mol. The zero-order valence-corrected chi connectivity index (χ0v) is 21.8. The molecule has 1 N–H and O–H groups in total. The Morgan fingerprint density at radius 2 is 1.14 bits per heavy atom. The van der Waals surface area contributed by atoms with Crippen LogP contribution in [0.5, 0.6) is 5.75 Å². The van der Waals surface area contributed by atoms with E-state index in [2.05, 4.69) is 26.1 Å². The number of hydrogen-bond donors (Lipinski definition) is 1. The molecule has 2 nitrogen and oxygen atoms in total. The van der Waals surface area contributed by atoms with Crippen molar-refractivity contribution in [2.75, 3.05) is 13.2 Å². The summed E-state index contributed by atoms with van der Waals surface area (Å²) in [5, 5.41) is 3.65. The molecule has 0 spiro atoms. The molecule has 0 saturated heterocycles. The van der Waals surface area contributed by atoms with Gasteiger partial charge in [0.25, 0.3) is 0 Å². The molecule has 0 fully saturated rings. The SMILES string of the molecule is CCCCCCCCCCCCCCCCNC(C)(C)COc1ccccc1.I. The van der Waals surface area contributed by atoms with Crippen LogP contribution in [0.1, 0.15) is 111 Å².